The molecule has 0 unspecified atom stereocenters. The van der Waals surface area contributed by atoms with Crippen LogP contribution >= 0.6 is 23.4 Å². The first kappa shape index (κ1) is 10.6. The molecule has 0 aliphatic heterocycles. The molecule has 0 saturated carbocycles. The van der Waals surface area contributed by atoms with Gasteiger partial charge in [0.2, 0.25) is 0 Å². The Morgan fingerprint density at radius 3 is 3.00 bits per heavy atom. The summed E-state index contributed by atoms with van der Waals surface area (Å²) in [5.41, 5.74) is 7.52. The molecule has 2 rings (SSSR count). The van der Waals surface area contributed by atoms with Crippen LogP contribution in [-0.2, 0) is 0 Å². The Kier molecular flexibility index (Phi) is 3.03. The molecular weight excluding hydrogens is 228 g/mol. The van der Waals surface area contributed by atoms with E-state index >= 15 is 0 Å². The largest absolute Gasteiger partial charge is 0.397 e. The molecule has 2 N–H and O–H groups in total. The minimum Gasteiger partial charge on any atom is -0.397 e. The topological polar surface area (TPSA) is 38.9 Å². The fourth-order valence-electron chi connectivity index (χ4n) is 1.46. The van der Waals surface area contributed by atoms with Crippen molar-refractivity contribution in [1.82, 2.24) is 4.98 Å². The molecule has 0 atom stereocenters. The Balaban J connectivity index is 2.70. The fourth-order valence-corrected chi connectivity index (χ4v) is 2.46. The van der Waals surface area contributed by atoms with Crippen LogP contribution in [-0.4, -0.2) is 10.7 Å². The summed E-state index contributed by atoms with van der Waals surface area (Å²) in [6.45, 7) is 2.10. The van der Waals surface area contributed by atoms with E-state index in [1.165, 1.54) is 0 Å². The number of hydrogen-bond acceptors (Lipinski definition) is 3. The van der Waals surface area contributed by atoms with Gasteiger partial charge in [0, 0.05) is 15.3 Å². The average Bonchev–Trinajstić information content (AvgIpc) is 2.22. The highest BCUT2D eigenvalue weighted by Gasteiger charge is 2.06. The lowest BCUT2D eigenvalue weighted by Crippen LogP contribution is -1.92. The van der Waals surface area contributed by atoms with E-state index in [1.807, 2.05) is 18.2 Å². The number of nitrogens with zero attached hydrogens (tertiary/aromatic N) is 1. The average molecular weight is 239 g/mol. The van der Waals surface area contributed by atoms with Crippen LogP contribution in [0.5, 0.6) is 0 Å². The summed E-state index contributed by atoms with van der Waals surface area (Å²) in [7, 11) is 0. The summed E-state index contributed by atoms with van der Waals surface area (Å²) < 4.78 is 0. The number of thioether (sulfide) groups is 1. The van der Waals surface area contributed by atoms with Crippen LogP contribution < -0.4 is 5.73 Å². The van der Waals surface area contributed by atoms with Crippen molar-refractivity contribution >= 4 is 40.0 Å². The summed E-state index contributed by atoms with van der Waals surface area (Å²) in [4.78, 5) is 5.36. The van der Waals surface area contributed by atoms with Crippen molar-refractivity contribution in [1.29, 1.82) is 0 Å². The first-order valence-electron chi connectivity index (χ1n) is 4.69. The Morgan fingerprint density at radius 2 is 2.27 bits per heavy atom. The van der Waals surface area contributed by atoms with Crippen LogP contribution in [0.1, 0.15) is 6.92 Å². The molecule has 0 aliphatic carbocycles. The van der Waals surface area contributed by atoms with Crippen molar-refractivity contribution in [2.24, 2.45) is 0 Å². The number of pyridine rings is 1. The second-order valence-electron chi connectivity index (χ2n) is 3.14. The van der Waals surface area contributed by atoms with Crippen LogP contribution in [0.15, 0.2) is 29.3 Å². The minimum absolute atomic E-state index is 0.701. The first-order valence-corrected chi connectivity index (χ1v) is 6.05. The van der Waals surface area contributed by atoms with Crippen LogP contribution in [0.25, 0.3) is 10.9 Å². The normalized spacial score (nSPS) is 10.8. The van der Waals surface area contributed by atoms with Gasteiger partial charge >= 0.3 is 0 Å². The van der Waals surface area contributed by atoms with E-state index in [4.69, 9.17) is 17.3 Å². The Bertz CT molecular complexity index is 499. The lowest BCUT2D eigenvalue weighted by atomic mass is 10.2. The smallest absolute Gasteiger partial charge is 0.0729 e. The SMILES string of the molecule is CCSc1c(N)cnc2cc(Cl)ccc12. The van der Waals surface area contributed by atoms with Gasteiger partial charge in [0.25, 0.3) is 0 Å². The third-order valence-corrected chi connectivity index (χ3v) is 3.37. The lowest BCUT2D eigenvalue weighted by molar-refractivity contribution is 1.35. The van der Waals surface area contributed by atoms with E-state index in [0.29, 0.717) is 5.02 Å². The second kappa shape index (κ2) is 4.29. The Labute approximate surface area is 97.8 Å². The van der Waals surface area contributed by atoms with Gasteiger partial charge < -0.3 is 5.73 Å². The molecule has 0 spiro atoms. The van der Waals surface area contributed by atoms with E-state index in [9.17, 15) is 0 Å². The molecule has 2 nitrogen and oxygen atoms in total. The number of fused-ring (bicyclic) bond motifs is 1. The van der Waals surface area contributed by atoms with Crippen molar-refractivity contribution < 1.29 is 0 Å². The number of rotatable bonds is 2. The quantitative estimate of drug-likeness (QED) is 0.813. The van der Waals surface area contributed by atoms with Crippen molar-refractivity contribution in [2.45, 2.75) is 11.8 Å². The molecule has 78 valence electrons. The zero-order valence-electron chi connectivity index (χ0n) is 8.33. The molecule has 0 amide bonds. The summed E-state index contributed by atoms with van der Waals surface area (Å²) in [6, 6.07) is 5.69. The number of nitrogen functional groups attached to an aromatic ring is 1. The predicted octanol–water partition coefficient (Wildman–Crippen LogP) is 3.58. The van der Waals surface area contributed by atoms with Crippen LogP contribution in [0.2, 0.25) is 5.02 Å². The first-order chi connectivity index (χ1) is 7.22. The zero-order valence-corrected chi connectivity index (χ0v) is 9.90. The van der Waals surface area contributed by atoms with Gasteiger partial charge in [-0.2, -0.15) is 0 Å². The van der Waals surface area contributed by atoms with E-state index in [2.05, 4.69) is 11.9 Å². The summed E-state index contributed by atoms with van der Waals surface area (Å²) in [5.74, 6) is 0.992. The number of nitrogens with two attached hydrogens (primary N) is 1. The van der Waals surface area contributed by atoms with Crippen LogP contribution in [0.4, 0.5) is 5.69 Å². The Morgan fingerprint density at radius 1 is 1.47 bits per heavy atom. The van der Waals surface area contributed by atoms with Crippen molar-refractivity contribution in [3.8, 4) is 0 Å². The maximum atomic E-state index is 5.91. The maximum Gasteiger partial charge on any atom is 0.0729 e. The van der Waals surface area contributed by atoms with Gasteiger partial charge in [-0.1, -0.05) is 24.6 Å². The molecule has 0 fully saturated rings. The van der Waals surface area contributed by atoms with Gasteiger partial charge in [0.05, 0.1) is 17.4 Å². The van der Waals surface area contributed by atoms with E-state index in [-0.39, 0.29) is 0 Å². The molecule has 0 saturated heterocycles. The number of benzene rings is 1. The van der Waals surface area contributed by atoms with Gasteiger partial charge in [0.1, 0.15) is 0 Å². The van der Waals surface area contributed by atoms with Crippen LogP contribution in [0, 0.1) is 0 Å². The molecule has 4 heteroatoms. The number of hydrogen-bond donors (Lipinski definition) is 1. The molecule has 15 heavy (non-hydrogen) atoms. The van der Waals surface area contributed by atoms with Gasteiger partial charge in [-0.25, -0.2) is 0 Å². The highest BCUT2D eigenvalue weighted by Crippen LogP contribution is 2.32. The molecule has 1 heterocycles. The zero-order chi connectivity index (χ0) is 10.8. The van der Waals surface area contributed by atoms with Gasteiger partial charge in [-0.15, -0.1) is 11.8 Å². The molecule has 2 aromatic rings. The second-order valence-corrected chi connectivity index (χ2v) is 4.85. The van der Waals surface area contributed by atoms with E-state index < -0.39 is 0 Å². The molecule has 1 aromatic carbocycles. The molecule has 0 radical (unpaired) electrons. The number of aromatic nitrogens is 1. The van der Waals surface area contributed by atoms with E-state index in [1.54, 1.807) is 18.0 Å². The fraction of sp³-hybridized carbons (Fsp3) is 0.182. The van der Waals surface area contributed by atoms with Gasteiger partial charge in [-0.05, 0) is 17.9 Å². The molecular formula is C11H11ClN2S. The standard InChI is InChI=1S/C11H11ClN2S/c1-2-15-11-8-4-3-7(12)5-10(8)14-6-9(11)13/h3-6H,2,13H2,1H3. The molecule has 0 aliphatic rings. The van der Waals surface area contributed by atoms with Crippen molar-refractivity contribution in [3.05, 3.63) is 29.4 Å². The number of halogens is 1. The predicted molar refractivity (Wildman–Crippen MR) is 67.6 cm³/mol. The van der Waals surface area contributed by atoms with Gasteiger partial charge in [-0.3, -0.25) is 4.98 Å². The third kappa shape index (κ3) is 2.03. The monoisotopic (exact) mass is 238 g/mol. The van der Waals surface area contributed by atoms with Crippen LogP contribution in [0.3, 0.4) is 0 Å². The van der Waals surface area contributed by atoms with Crippen molar-refractivity contribution in [3.63, 3.8) is 0 Å². The minimum atomic E-state index is 0.701. The Hall–Kier alpha value is -0.930. The lowest BCUT2D eigenvalue weighted by Gasteiger charge is -2.07. The number of anilines is 1. The highest BCUT2D eigenvalue weighted by atomic mass is 35.5. The summed E-state index contributed by atoms with van der Waals surface area (Å²) >= 11 is 7.64. The molecule has 0 bridgehead atoms. The van der Waals surface area contributed by atoms with Crippen molar-refractivity contribution in [2.75, 3.05) is 11.5 Å². The third-order valence-electron chi connectivity index (χ3n) is 2.10. The van der Waals surface area contributed by atoms with Gasteiger partial charge in [0.15, 0.2) is 0 Å². The summed E-state index contributed by atoms with van der Waals surface area (Å²) in [5, 5.41) is 1.78. The highest BCUT2D eigenvalue weighted by molar-refractivity contribution is 7.99. The molecule has 1 aromatic heterocycles. The maximum absolute atomic E-state index is 5.91. The van der Waals surface area contributed by atoms with E-state index in [0.717, 1.165) is 27.2 Å². The summed E-state index contributed by atoms with van der Waals surface area (Å²) in [6.07, 6.45) is 1.69.